The van der Waals surface area contributed by atoms with Gasteiger partial charge in [0.1, 0.15) is 0 Å². The van der Waals surface area contributed by atoms with Gasteiger partial charge in [0.15, 0.2) is 0 Å². The largest absolute Gasteiger partial charge is 0.399 e. The Labute approximate surface area is 110 Å². The number of hydrogen-bond acceptors (Lipinski definition) is 2. The molecule has 2 nitrogen and oxygen atoms in total. The fourth-order valence-corrected chi connectivity index (χ4v) is 3.44. The molecule has 0 spiro atoms. The van der Waals surface area contributed by atoms with Gasteiger partial charge in [-0.1, -0.05) is 19.9 Å². The standard InChI is InChI=1S/C16H24N2/c1-16(2)7-9-18(10-8-16)15-6-3-12-11-13(17)4-5-14(12)15/h4-5,11,15H,3,6-10,17H2,1-2H3. The Morgan fingerprint density at radius 3 is 2.67 bits per heavy atom. The smallest absolute Gasteiger partial charge is 0.0354 e. The number of nitrogens with zero attached hydrogens (tertiary/aromatic N) is 1. The fraction of sp³-hybridized carbons (Fsp3) is 0.625. The molecule has 2 aliphatic rings. The minimum absolute atomic E-state index is 0.541. The van der Waals surface area contributed by atoms with Crippen LogP contribution in [0, 0.1) is 5.41 Å². The number of benzene rings is 1. The van der Waals surface area contributed by atoms with E-state index in [1.807, 2.05) is 0 Å². The summed E-state index contributed by atoms with van der Waals surface area (Å²) in [6.45, 7) is 7.30. The molecule has 1 atom stereocenters. The van der Waals surface area contributed by atoms with Gasteiger partial charge in [-0.25, -0.2) is 0 Å². The highest BCUT2D eigenvalue weighted by atomic mass is 15.2. The Bertz CT molecular complexity index is 440. The van der Waals surface area contributed by atoms with Crippen LogP contribution in [0.3, 0.4) is 0 Å². The third kappa shape index (κ3) is 2.14. The van der Waals surface area contributed by atoms with E-state index in [0.717, 1.165) is 5.69 Å². The first-order valence-electron chi connectivity index (χ1n) is 7.17. The average molecular weight is 244 g/mol. The van der Waals surface area contributed by atoms with Gasteiger partial charge in [-0.15, -0.1) is 0 Å². The molecule has 3 rings (SSSR count). The topological polar surface area (TPSA) is 29.3 Å². The van der Waals surface area contributed by atoms with Crippen LogP contribution in [0.1, 0.15) is 50.3 Å². The number of likely N-dealkylation sites (tertiary alicyclic amines) is 1. The van der Waals surface area contributed by atoms with Crippen LogP contribution < -0.4 is 5.73 Å². The monoisotopic (exact) mass is 244 g/mol. The van der Waals surface area contributed by atoms with Crippen molar-refractivity contribution in [1.82, 2.24) is 4.90 Å². The predicted molar refractivity (Wildman–Crippen MR) is 76.5 cm³/mol. The maximum atomic E-state index is 5.88. The summed E-state index contributed by atoms with van der Waals surface area (Å²) in [5.41, 5.74) is 10.3. The molecule has 0 saturated carbocycles. The van der Waals surface area contributed by atoms with Crippen LogP contribution in [0.5, 0.6) is 0 Å². The molecule has 0 radical (unpaired) electrons. The van der Waals surface area contributed by atoms with Crippen LogP contribution in [0.25, 0.3) is 0 Å². The average Bonchev–Trinajstić information content (AvgIpc) is 2.72. The van der Waals surface area contributed by atoms with Gasteiger partial charge in [0, 0.05) is 11.7 Å². The maximum absolute atomic E-state index is 5.88. The summed E-state index contributed by atoms with van der Waals surface area (Å²) in [7, 11) is 0. The maximum Gasteiger partial charge on any atom is 0.0354 e. The SMILES string of the molecule is CC1(C)CCN(C2CCc3cc(N)ccc32)CC1. The van der Waals surface area contributed by atoms with Crippen LogP contribution >= 0.6 is 0 Å². The molecule has 2 heteroatoms. The lowest BCUT2D eigenvalue weighted by atomic mass is 9.82. The molecule has 1 aromatic carbocycles. The van der Waals surface area contributed by atoms with E-state index in [-0.39, 0.29) is 0 Å². The number of aryl methyl sites for hydroxylation is 1. The molecule has 0 bridgehead atoms. The van der Waals surface area contributed by atoms with E-state index in [1.165, 1.54) is 49.9 Å². The zero-order valence-electron chi connectivity index (χ0n) is 11.6. The van der Waals surface area contributed by atoms with E-state index in [1.54, 1.807) is 0 Å². The molecule has 0 amide bonds. The number of rotatable bonds is 1. The first kappa shape index (κ1) is 12.0. The number of piperidine rings is 1. The van der Waals surface area contributed by atoms with Crippen LogP contribution in [0.2, 0.25) is 0 Å². The van der Waals surface area contributed by atoms with Gasteiger partial charge in [0.2, 0.25) is 0 Å². The quantitative estimate of drug-likeness (QED) is 0.767. The molecule has 1 saturated heterocycles. The van der Waals surface area contributed by atoms with Crippen molar-refractivity contribution in [2.45, 2.75) is 45.6 Å². The number of nitrogens with two attached hydrogens (primary N) is 1. The van der Waals surface area contributed by atoms with Gasteiger partial charge < -0.3 is 5.73 Å². The lowest BCUT2D eigenvalue weighted by Crippen LogP contribution is -2.39. The molecular formula is C16H24N2. The number of nitrogen functional groups attached to an aromatic ring is 1. The normalized spacial score (nSPS) is 27.1. The highest BCUT2D eigenvalue weighted by Gasteiger charge is 2.33. The Balaban J connectivity index is 1.77. The van der Waals surface area contributed by atoms with Crippen molar-refractivity contribution in [3.05, 3.63) is 29.3 Å². The molecule has 2 N–H and O–H groups in total. The van der Waals surface area contributed by atoms with Crippen molar-refractivity contribution >= 4 is 5.69 Å². The minimum atomic E-state index is 0.541. The van der Waals surface area contributed by atoms with E-state index in [4.69, 9.17) is 5.73 Å². The Hall–Kier alpha value is -1.02. The highest BCUT2D eigenvalue weighted by molar-refractivity contribution is 5.47. The van der Waals surface area contributed by atoms with Gasteiger partial charge in [-0.3, -0.25) is 4.90 Å². The Kier molecular flexibility index (Phi) is 2.86. The van der Waals surface area contributed by atoms with Gasteiger partial charge in [-0.2, -0.15) is 0 Å². The first-order chi connectivity index (χ1) is 8.55. The fourth-order valence-electron chi connectivity index (χ4n) is 3.44. The van der Waals surface area contributed by atoms with E-state index in [2.05, 4.69) is 36.9 Å². The van der Waals surface area contributed by atoms with E-state index in [0.29, 0.717) is 11.5 Å². The van der Waals surface area contributed by atoms with Gasteiger partial charge in [0.05, 0.1) is 0 Å². The molecule has 1 fully saturated rings. The first-order valence-corrected chi connectivity index (χ1v) is 7.17. The molecule has 1 aromatic rings. The van der Waals surface area contributed by atoms with Crippen LogP contribution in [-0.2, 0) is 6.42 Å². The zero-order valence-corrected chi connectivity index (χ0v) is 11.6. The Morgan fingerprint density at radius 1 is 1.22 bits per heavy atom. The molecule has 98 valence electrons. The number of fused-ring (bicyclic) bond motifs is 1. The van der Waals surface area contributed by atoms with E-state index in [9.17, 15) is 0 Å². The molecule has 18 heavy (non-hydrogen) atoms. The summed E-state index contributed by atoms with van der Waals surface area (Å²) < 4.78 is 0. The summed E-state index contributed by atoms with van der Waals surface area (Å²) in [4.78, 5) is 2.69. The molecule has 0 aromatic heterocycles. The van der Waals surface area contributed by atoms with Crippen molar-refractivity contribution in [1.29, 1.82) is 0 Å². The van der Waals surface area contributed by atoms with Crippen molar-refractivity contribution in [2.24, 2.45) is 5.41 Å². The van der Waals surface area contributed by atoms with Crippen LogP contribution in [-0.4, -0.2) is 18.0 Å². The van der Waals surface area contributed by atoms with E-state index < -0.39 is 0 Å². The van der Waals surface area contributed by atoms with Gasteiger partial charge in [-0.05, 0) is 67.4 Å². The van der Waals surface area contributed by atoms with E-state index >= 15 is 0 Å². The van der Waals surface area contributed by atoms with Gasteiger partial charge in [0.25, 0.3) is 0 Å². The summed E-state index contributed by atoms with van der Waals surface area (Å²) in [6, 6.07) is 7.13. The minimum Gasteiger partial charge on any atom is -0.399 e. The molecule has 1 aliphatic heterocycles. The number of hydrogen-bond donors (Lipinski definition) is 1. The van der Waals surface area contributed by atoms with Gasteiger partial charge >= 0.3 is 0 Å². The second-order valence-electron chi connectivity index (χ2n) is 6.71. The van der Waals surface area contributed by atoms with Crippen molar-refractivity contribution in [3.8, 4) is 0 Å². The Morgan fingerprint density at radius 2 is 1.94 bits per heavy atom. The summed E-state index contributed by atoms with van der Waals surface area (Å²) in [5.74, 6) is 0. The lowest BCUT2D eigenvalue weighted by molar-refractivity contribution is 0.0938. The second-order valence-corrected chi connectivity index (χ2v) is 6.71. The molecular weight excluding hydrogens is 220 g/mol. The molecule has 1 unspecified atom stereocenters. The predicted octanol–water partition coefficient (Wildman–Crippen LogP) is 3.38. The van der Waals surface area contributed by atoms with Crippen molar-refractivity contribution in [2.75, 3.05) is 18.8 Å². The third-order valence-corrected chi connectivity index (χ3v) is 4.81. The number of anilines is 1. The van der Waals surface area contributed by atoms with Crippen LogP contribution in [0.4, 0.5) is 5.69 Å². The summed E-state index contributed by atoms with van der Waals surface area (Å²) in [6.07, 6.45) is 5.13. The highest BCUT2D eigenvalue weighted by Crippen LogP contribution is 2.40. The summed E-state index contributed by atoms with van der Waals surface area (Å²) >= 11 is 0. The third-order valence-electron chi connectivity index (χ3n) is 4.81. The lowest BCUT2D eigenvalue weighted by Gasteiger charge is -2.40. The van der Waals surface area contributed by atoms with Crippen LogP contribution in [0.15, 0.2) is 18.2 Å². The van der Waals surface area contributed by atoms with Crippen molar-refractivity contribution in [3.63, 3.8) is 0 Å². The summed E-state index contributed by atoms with van der Waals surface area (Å²) in [5, 5.41) is 0. The molecule has 1 aliphatic carbocycles. The second kappa shape index (κ2) is 4.27. The molecule has 1 heterocycles. The van der Waals surface area contributed by atoms with Crippen molar-refractivity contribution < 1.29 is 0 Å². The zero-order chi connectivity index (χ0) is 12.8.